The number of hydrogen-bond acceptors (Lipinski definition) is 3. The topological polar surface area (TPSA) is 64.3 Å². The fourth-order valence-corrected chi connectivity index (χ4v) is 2.76. The van der Waals surface area contributed by atoms with Crippen LogP contribution in [-0.2, 0) is 11.3 Å². The Morgan fingerprint density at radius 3 is 2.82 bits per heavy atom. The van der Waals surface area contributed by atoms with Crippen LogP contribution < -0.4 is 15.8 Å². The SMILES string of the molecule is CCOc1ccc(CNC(=O)C[C@@H]2CCC[C@H]2N)cc1F.Cl. The summed E-state index contributed by atoms with van der Waals surface area (Å²) in [7, 11) is 0. The van der Waals surface area contributed by atoms with Crippen molar-refractivity contribution in [3.05, 3.63) is 29.6 Å². The fraction of sp³-hybridized carbons (Fsp3) is 0.562. The van der Waals surface area contributed by atoms with Crippen molar-refractivity contribution in [3.63, 3.8) is 0 Å². The molecule has 0 aromatic heterocycles. The second-order valence-corrected chi connectivity index (χ2v) is 5.53. The molecule has 1 aromatic carbocycles. The summed E-state index contributed by atoms with van der Waals surface area (Å²) in [5.41, 5.74) is 6.68. The molecule has 0 radical (unpaired) electrons. The van der Waals surface area contributed by atoms with Crippen molar-refractivity contribution in [2.24, 2.45) is 11.7 Å². The molecule has 0 saturated heterocycles. The Balaban J connectivity index is 0.00000242. The van der Waals surface area contributed by atoms with E-state index < -0.39 is 5.82 Å². The van der Waals surface area contributed by atoms with Gasteiger partial charge in [0.1, 0.15) is 0 Å². The summed E-state index contributed by atoms with van der Waals surface area (Å²) in [5, 5.41) is 2.82. The third kappa shape index (κ3) is 5.14. The van der Waals surface area contributed by atoms with E-state index in [4.69, 9.17) is 10.5 Å². The molecule has 0 spiro atoms. The van der Waals surface area contributed by atoms with Gasteiger partial charge >= 0.3 is 0 Å². The minimum absolute atomic E-state index is 0. The maximum Gasteiger partial charge on any atom is 0.220 e. The average Bonchev–Trinajstić information content (AvgIpc) is 2.85. The van der Waals surface area contributed by atoms with Crippen LogP contribution in [0.5, 0.6) is 5.75 Å². The Hall–Kier alpha value is -1.33. The molecular weight excluding hydrogens is 307 g/mol. The number of nitrogens with one attached hydrogen (secondary N) is 1. The molecule has 1 fully saturated rings. The lowest BCUT2D eigenvalue weighted by molar-refractivity contribution is -0.122. The highest BCUT2D eigenvalue weighted by Gasteiger charge is 2.25. The summed E-state index contributed by atoms with van der Waals surface area (Å²) in [6, 6.07) is 4.88. The highest BCUT2D eigenvalue weighted by atomic mass is 35.5. The van der Waals surface area contributed by atoms with E-state index in [1.807, 2.05) is 0 Å². The first-order valence-electron chi connectivity index (χ1n) is 7.53. The van der Waals surface area contributed by atoms with Crippen molar-refractivity contribution >= 4 is 18.3 Å². The highest BCUT2D eigenvalue weighted by molar-refractivity contribution is 5.85. The van der Waals surface area contributed by atoms with Crippen LogP contribution in [0.25, 0.3) is 0 Å². The number of benzene rings is 1. The number of nitrogens with two attached hydrogens (primary N) is 1. The van der Waals surface area contributed by atoms with Crippen molar-refractivity contribution in [3.8, 4) is 5.75 Å². The van der Waals surface area contributed by atoms with Gasteiger partial charge in [0.15, 0.2) is 11.6 Å². The number of halogens is 2. The van der Waals surface area contributed by atoms with Gasteiger partial charge in [-0.3, -0.25) is 4.79 Å². The molecule has 22 heavy (non-hydrogen) atoms. The summed E-state index contributed by atoms with van der Waals surface area (Å²) in [5.74, 6) is 0.0969. The monoisotopic (exact) mass is 330 g/mol. The molecule has 1 aliphatic rings. The van der Waals surface area contributed by atoms with Crippen LogP contribution in [0.4, 0.5) is 4.39 Å². The Morgan fingerprint density at radius 2 is 2.23 bits per heavy atom. The van der Waals surface area contributed by atoms with E-state index in [1.165, 1.54) is 6.07 Å². The van der Waals surface area contributed by atoms with Crippen LogP contribution in [0, 0.1) is 11.7 Å². The summed E-state index contributed by atoms with van der Waals surface area (Å²) < 4.78 is 18.8. The molecule has 1 aliphatic carbocycles. The van der Waals surface area contributed by atoms with Gasteiger partial charge in [0.2, 0.25) is 5.91 Å². The highest BCUT2D eigenvalue weighted by Crippen LogP contribution is 2.26. The summed E-state index contributed by atoms with van der Waals surface area (Å²) >= 11 is 0. The van der Waals surface area contributed by atoms with E-state index in [-0.39, 0.29) is 36.0 Å². The lowest BCUT2D eigenvalue weighted by Gasteiger charge is -2.15. The number of carbonyl (C=O) groups excluding carboxylic acids is 1. The van der Waals surface area contributed by atoms with Crippen molar-refractivity contribution < 1.29 is 13.9 Å². The normalized spacial score (nSPS) is 20.3. The molecule has 1 amide bonds. The average molecular weight is 331 g/mol. The number of carbonyl (C=O) groups is 1. The largest absolute Gasteiger partial charge is 0.491 e. The Kier molecular flexibility index (Phi) is 7.62. The molecule has 1 aromatic rings. The predicted octanol–water partition coefficient (Wildman–Crippen LogP) is 2.78. The van der Waals surface area contributed by atoms with Gasteiger partial charge in [-0.25, -0.2) is 4.39 Å². The third-order valence-corrected chi connectivity index (χ3v) is 3.95. The molecule has 2 rings (SSSR count). The number of rotatable bonds is 6. The van der Waals surface area contributed by atoms with Gasteiger partial charge in [0.25, 0.3) is 0 Å². The third-order valence-electron chi connectivity index (χ3n) is 3.95. The number of ether oxygens (including phenoxy) is 1. The maximum absolute atomic E-state index is 13.7. The van der Waals surface area contributed by atoms with E-state index in [9.17, 15) is 9.18 Å². The molecule has 6 heteroatoms. The van der Waals surface area contributed by atoms with Crippen LogP contribution in [-0.4, -0.2) is 18.6 Å². The molecule has 0 unspecified atom stereocenters. The van der Waals surface area contributed by atoms with Gasteiger partial charge in [-0.05, 0) is 43.4 Å². The molecule has 0 aliphatic heterocycles. The lowest BCUT2D eigenvalue weighted by Crippen LogP contribution is -2.31. The molecule has 1 saturated carbocycles. The second-order valence-electron chi connectivity index (χ2n) is 5.53. The lowest BCUT2D eigenvalue weighted by atomic mass is 10.00. The molecule has 124 valence electrons. The zero-order valence-corrected chi connectivity index (χ0v) is 13.6. The molecule has 0 heterocycles. The maximum atomic E-state index is 13.7. The van der Waals surface area contributed by atoms with Crippen LogP contribution in [0.2, 0.25) is 0 Å². The number of hydrogen-bond donors (Lipinski definition) is 2. The number of amides is 1. The van der Waals surface area contributed by atoms with E-state index in [1.54, 1.807) is 19.1 Å². The van der Waals surface area contributed by atoms with Crippen LogP contribution in [0.3, 0.4) is 0 Å². The second kappa shape index (κ2) is 8.96. The van der Waals surface area contributed by atoms with Crippen LogP contribution >= 0.6 is 12.4 Å². The van der Waals surface area contributed by atoms with Gasteiger partial charge in [0, 0.05) is 19.0 Å². The van der Waals surface area contributed by atoms with Gasteiger partial charge in [-0.1, -0.05) is 12.5 Å². The Labute approximate surface area is 137 Å². The first kappa shape index (κ1) is 18.7. The van der Waals surface area contributed by atoms with E-state index in [0.29, 0.717) is 19.6 Å². The van der Waals surface area contributed by atoms with Crippen molar-refractivity contribution in [1.82, 2.24) is 5.32 Å². The van der Waals surface area contributed by atoms with Crippen molar-refractivity contribution in [2.75, 3.05) is 6.61 Å². The minimum atomic E-state index is -0.401. The molecule has 3 N–H and O–H groups in total. The zero-order chi connectivity index (χ0) is 15.2. The van der Waals surface area contributed by atoms with Crippen molar-refractivity contribution in [1.29, 1.82) is 0 Å². The molecule has 2 atom stereocenters. The molecule has 0 bridgehead atoms. The van der Waals surface area contributed by atoms with Gasteiger partial charge in [0.05, 0.1) is 6.61 Å². The minimum Gasteiger partial charge on any atom is -0.491 e. The van der Waals surface area contributed by atoms with E-state index in [0.717, 1.165) is 24.8 Å². The summed E-state index contributed by atoms with van der Waals surface area (Å²) in [6.45, 7) is 2.56. The van der Waals surface area contributed by atoms with Gasteiger partial charge in [-0.15, -0.1) is 12.4 Å². The smallest absolute Gasteiger partial charge is 0.220 e. The summed E-state index contributed by atoms with van der Waals surface area (Å²) in [6.07, 6.45) is 3.58. The van der Waals surface area contributed by atoms with Gasteiger partial charge in [-0.2, -0.15) is 0 Å². The van der Waals surface area contributed by atoms with Crippen LogP contribution in [0.1, 0.15) is 38.2 Å². The van der Waals surface area contributed by atoms with Gasteiger partial charge < -0.3 is 15.8 Å². The Bertz CT molecular complexity index is 499. The molecule has 4 nitrogen and oxygen atoms in total. The predicted molar refractivity (Wildman–Crippen MR) is 86.6 cm³/mol. The zero-order valence-electron chi connectivity index (χ0n) is 12.8. The molecular formula is C16H24ClFN2O2. The quantitative estimate of drug-likeness (QED) is 0.843. The standard InChI is InChI=1S/C16H23FN2O2.ClH/c1-2-21-15-7-6-11(8-13(15)17)10-19-16(20)9-12-4-3-5-14(12)18;/h6-8,12,14H,2-5,9-10,18H2,1H3,(H,19,20);1H/t12-,14+;/m0./s1. The summed E-state index contributed by atoms with van der Waals surface area (Å²) in [4.78, 5) is 11.9. The van der Waals surface area contributed by atoms with Crippen molar-refractivity contribution in [2.45, 2.75) is 45.2 Å². The fourth-order valence-electron chi connectivity index (χ4n) is 2.76. The Morgan fingerprint density at radius 1 is 1.45 bits per heavy atom. The van der Waals surface area contributed by atoms with Crippen LogP contribution in [0.15, 0.2) is 18.2 Å². The first-order chi connectivity index (χ1) is 10.1. The first-order valence-corrected chi connectivity index (χ1v) is 7.53. The van der Waals surface area contributed by atoms with E-state index >= 15 is 0 Å². The van der Waals surface area contributed by atoms with E-state index in [2.05, 4.69) is 5.32 Å².